The fourth-order valence-electron chi connectivity index (χ4n) is 2.90. The second-order valence-corrected chi connectivity index (χ2v) is 6.29. The van der Waals surface area contributed by atoms with Gasteiger partial charge in [0.25, 0.3) is 11.6 Å². The van der Waals surface area contributed by atoms with Crippen LogP contribution in [0.15, 0.2) is 53.8 Å². The number of pyridine rings is 1. The van der Waals surface area contributed by atoms with Gasteiger partial charge < -0.3 is 9.30 Å². The van der Waals surface area contributed by atoms with Gasteiger partial charge in [-0.15, -0.1) is 0 Å². The minimum Gasteiger partial charge on any atom is -0.460 e. The van der Waals surface area contributed by atoms with Crippen LogP contribution in [0.3, 0.4) is 0 Å². The first-order valence-corrected chi connectivity index (χ1v) is 10.5. The van der Waals surface area contributed by atoms with Crippen molar-refractivity contribution >= 4 is 10.9 Å². The Morgan fingerprint density at radius 3 is 2.39 bits per heavy atom. The maximum atomic E-state index is 13.1. The summed E-state index contributed by atoms with van der Waals surface area (Å²) in [6, 6.07) is 6.35. The molecule has 33 heavy (non-hydrogen) atoms. The molecule has 1 N–H and O–H groups in total. The number of benzene rings is 1. The van der Waals surface area contributed by atoms with Crippen molar-refractivity contribution < 1.29 is 17.9 Å². The van der Waals surface area contributed by atoms with Gasteiger partial charge in [0.05, 0.1) is 17.3 Å². The number of halogens is 3. The standard InChI is InChI=1S/C19H14F3N5O2.2C2H6/c1-27-8-14(24-10-27)16-15-12(6-7-23-16)17(28)26-18(25-15)29-9-11-4-2-3-5-13(11)19(20,21)22;2*1-2/h2-8,10H,9H2,1H3,(H,25,26,28);2*1-2H3. The summed E-state index contributed by atoms with van der Waals surface area (Å²) >= 11 is 0. The molecular weight excluding hydrogens is 435 g/mol. The topological polar surface area (TPSA) is 85.7 Å². The van der Waals surface area contributed by atoms with Gasteiger partial charge in [-0.1, -0.05) is 45.9 Å². The SMILES string of the molecule is CC.CC.Cn1cnc(-c2nccc3c(=O)[nH]c(OCc4ccccc4C(F)(F)F)nc23)c1. The predicted octanol–water partition coefficient (Wildman–Crippen LogP) is 5.37. The van der Waals surface area contributed by atoms with Crippen LogP contribution in [-0.4, -0.2) is 24.5 Å². The van der Waals surface area contributed by atoms with Gasteiger partial charge in [0.15, 0.2) is 0 Å². The van der Waals surface area contributed by atoms with Gasteiger partial charge in [-0.3, -0.25) is 14.8 Å². The number of imidazole rings is 1. The first kappa shape index (κ1) is 25.6. The van der Waals surface area contributed by atoms with Crippen LogP contribution in [0.1, 0.15) is 38.8 Å². The molecule has 4 rings (SSSR count). The van der Waals surface area contributed by atoms with Crippen molar-refractivity contribution in [2.24, 2.45) is 7.05 Å². The van der Waals surface area contributed by atoms with Gasteiger partial charge in [-0.25, -0.2) is 4.98 Å². The van der Waals surface area contributed by atoms with Crippen molar-refractivity contribution in [2.45, 2.75) is 40.5 Å². The van der Waals surface area contributed by atoms with Crippen molar-refractivity contribution in [3.63, 3.8) is 0 Å². The molecule has 0 unspecified atom stereocenters. The number of nitrogens with one attached hydrogen (secondary N) is 1. The smallest absolute Gasteiger partial charge is 0.416 e. The average molecular weight is 461 g/mol. The monoisotopic (exact) mass is 461 g/mol. The highest BCUT2D eigenvalue weighted by Gasteiger charge is 2.33. The van der Waals surface area contributed by atoms with E-state index in [9.17, 15) is 18.0 Å². The Labute approximate surface area is 189 Å². The number of nitrogens with zero attached hydrogens (tertiary/aromatic N) is 4. The number of aromatic amines is 1. The summed E-state index contributed by atoms with van der Waals surface area (Å²) in [5.41, 5.74) is -0.250. The van der Waals surface area contributed by atoms with E-state index in [1.54, 1.807) is 24.1 Å². The maximum Gasteiger partial charge on any atom is 0.416 e. The van der Waals surface area contributed by atoms with Crippen molar-refractivity contribution in [1.29, 1.82) is 0 Å². The largest absolute Gasteiger partial charge is 0.460 e. The molecule has 0 aliphatic carbocycles. The van der Waals surface area contributed by atoms with Gasteiger partial charge in [0.2, 0.25) is 0 Å². The molecule has 0 aliphatic rings. The highest BCUT2D eigenvalue weighted by Crippen LogP contribution is 2.32. The molecule has 176 valence electrons. The molecule has 3 heterocycles. The summed E-state index contributed by atoms with van der Waals surface area (Å²) in [5, 5.41) is 0.267. The molecule has 0 amide bonds. The zero-order chi connectivity index (χ0) is 24.6. The van der Waals surface area contributed by atoms with Crippen molar-refractivity contribution in [1.82, 2.24) is 24.5 Å². The molecule has 4 aromatic rings. The first-order chi connectivity index (χ1) is 15.8. The Bertz CT molecular complexity index is 1250. The second kappa shape index (κ2) is 11.3. The van der Waals surface area contributed by atoms with E-state index in [4.69, 9.17) is 4.74 Å². The van der Waals surface area contributed by atoms with E-state index in [0.717, 1.165) is 6.07 Å². The number of aromatic nitrogens is 5. The lowest BCUT2D eigenvalue weighted by molar-refractivity contribution is -0.138. The Balaban J connectivity index is 0.000000914. The van der Waals surface area contributed by atoms with Crippen LogP contribution >= 0.6 is 0 Å². The normalized spacial score (nSPS) is 10.7. The van der Waals surface area contributed by atoms with E-state index < -0.39 is 23.9 Å². The predicted molar refractivity (Wildman–Crippen MR) is 121 cm³/mol. The number of alkyl halides is 3. The number of rotatable bonds is 4. The third-order valence-corrected chi connectivity index (χ3v) is 4.24. The number of ether oxygens (including phenoxy) is 1. The molecule has 0 radical (unpaired) electrons. The summed E-state index contributed by atoms with van der Waals surface area (Å²) in [6.07, 6.45) is 0.239. The van der Waals surface area contributed by atoms with Crippen LogP contribution in [0.5, 0.6) is 6.01 Å². The average Bonchev–Trinajstić information content (AvgIpc) is 3.25. The zero-order valence-electron chi connectivity index (χ0n) is 19.1. The lowest BCUT2D eigenvalue weighted by atomic mass is 10.1. The third kappa shape index (κ3) is 5.97. The Morgan fingerprint density at radius 1 is 1.06 bits per heavy atom. The van der Waals surface area contributed by atoms with E-state index in [2.05, 4.69) is 19.9 Å². The number of fused-ring (bicyclic) bond motifs is 1. The van der Waals surface area contributed by atoms with E-state index in [1.165, 1.54) is 30.5 Å². The lowest BCUT2D eigenvalue weighted by Gasteiger charge is -2.13. The van der Waals surface area contributed by atoms with Crippen molar-refractivity contribution in [2.75, 3.05) is 0 Å². The number of hydrogen-bond donors (Lipinski definition) is 1. The molecule has 3 aromatic heterocycles. The first-order valence-electron chi connectivity index (χ1n) is 10.5. The summed E-state index contributed by atoms with van der Waals surface area (Å²) in [5.74, 6) is 0. The fourth-order valence-corrected chi connectivity index (χ4v) is 2.90. The van der Waals surface area contributed by atoms with Crippen LogP contribution in [0.4, 0.5) is 13.2 Å². The van der Waals surface area contributed by atoms with Gasteiger partial charge in [-0.05, 0) is 12.1 Å². The summed E-state index contributed by atoms with van der Waals surface area (Å²) < 4.78 is 46.5. The van der Waals surface area contributed by atoms with Crippen LogP contribution in [-0.2, 0) is 19.8 Å². The van der Waals surface area contributed by atoms with Crippen molar-refractivity contribution in [3.05, 3.63) is 70.5 Å². The third-order valence-electron chi connectivity index (χ3n) is 4.24. The molecule has 0 fully saturated rings. The highest BCUT2D eigenvalue weighted by molar-refractivity contribution is 5.89. The fraction of sp³-hybridized carbons (Fsp3) is 0.304. The molecule has 10 heteroatoms. The van der Waals surface area contributed by atoms with Gasteiger partial charge >= 0.3 is 6.18 Å². The molecular formula is C23H26F3N5O2. The molecule has 0 aliphatic heterocycles. The van der Waals surface area contributed by atoms with Crippen LogP contribution in [0, 0.1) is 0 Å². The highest BCUT2D eigenvalue weighted by atomic mass is 19.4. The molecule has 7 nitrogen and oxygen atoms in total. The number of H-pyrrole nitrogens is 1. The molecule has 1 aromatic carbocycles. The summed E-state index contributed by atoms with van der Waals surface area (Å²) in [4.78, 5) is 27.6. The minimum atomic E-state index is -4.51. The molecule has 0 saturated carbocycles. The van der Waals surface area contributed by atoms with Crippen molar-refractivity contribution in [3.8, 4) is 17.4 Å². The Hall–Kier alpha value is -3.69. The van der Waals surface area contributed by atoms with E-state index in [1.807, 2.05) is 27.7 Å². The van der Waals surface area contributed by atoms with Gasteiger partial charge in [0.1, 0.15) is 23.5 Å². The maximum absolute atomic E-state index is 13.1. The Morgan fingerprint density at radius 2 is 1.76 bits per heavy atom. The van der Waals surface area contributed by atoms with Crippen LogP contribution in [0.2, 0.25) is 0 Å². The number of hydrogen-bond acceptors (Lipinski definition) is 5. The molecule has 0 saturated heterocycles. The molecule has 0 spiro atoms. The van der Waals surface area contributed by atoms with Gasteiger partial charge in [-0.2, -0.15) is 18.2 Å². The molecule has 0 atom stereocenters. The Kier molecular flexibility index (Phi) is 8.72. The molecule has 0 bridgehead atoms. The van der Waals surface area contributed by atoms with E-state index in [-0.39, 0.29) is 22.5 Å². The zero-order valence-corrected chi connectivity index (χ0v) is 19.1. The quantitative estimate of drug-likeness (QED) is 0.442. The van der Waals surface area contributed by atoms with Gasteiger partial charge in [0, 0.05) is 25.0 Å². The van der Waals surface area contributed by atoms with Crippen LogP contribution in [0.25, 0.3) is 22.3 Å². The summed E-state index contributed by atoms with van der Waals surface area (Å²) in [7, 11) is 1.79. The summed E-state index contributed by atoms with van der Waals surface area (Å²) in [6.45, 7) is 7.59. The lowest BCUT2D eigenvalue weighted by Crippen LogP contribution is -2.14. The minimum absolute atomic E-state index is 0.0705. The second-order valence-electron chi connectivity index (χ2n) is 6.29. The van der Waals surface area contributed by atoms with Crippen LogP contribution < -0.4 is 10.3 Å². The number of aryl methyl sites for hydroxylation is 1. The van der Waals surface area contributed by atoms with E-state index in [0.29, 0.717) is 11.4 Å². The van der Waals surface area contributed by atoms with E-state index >= 15 is 0 Å².